The van der Waals surface area contributed by atoms with Gasteiger partial charge in [0.1, 0.15) is 12.6 Å². The topological polar surface area (TPSA) is 86.8 Å². The molecule has 7 nitrogen and oxygen atoms in total. The maximum atomic E-state index is 13.7. The van der Waals surface area contributed by atoms with E-state index in [1.54, 1.807) is 50.2 Å². The normalized spacial score (nSPS) is 15.2. The Morgan fingerprint density at radius 1 is 1.03 bits per heavy atom. The molecule has 11 heteroatoms. The zero-order valence-electron chi connectivity index (χ0n) is 21.1. The minimum atomic E-state index is -3.83. The first-order valence-electron chi connectivity index (χ1n) is 12.1. The molecule has 1 N–H and O–H groups in total. The van der Waals surface area contributed by atoms with Crippen LogP contribution in [0.5, 0.6) is 0 Å². The Labute approximate surface area is 234 Å². The molecule has 1 atom stereocenters. The number of carbonyl (C=O) groups excluding carboxylic acids is 2. The minimum Gasteiger partial charge on any atom is -0.352 e. The van der Waals surface area contributed by atoms with E-state index in [1.807, 2.05) is 0 Å². The summed E-state index contributed by atoms with van der Waals surface area (Å²) in [5, 5.41) is 4.21. The maximum Gasteiger partial charge on any atom is 0.244 e. The Kier molecular flexibility index (Phi) is 10.1. The molecule has 2 aromatic rings. The molecule has 1 aliphatic carbocycles. The number of amides is 2. The predicted molar refractivity (Wildman–Crippen MR) is 150 cm³/mol. The third kappa shape index (κ3) is 7.99. The molecule has 0 heterocycles. The van der Waals surface area contributed by atoms with Gasteiger partial charge in [-0.05, 0) is 68.1 Å². The summed E-state index contributed by atoms with van der Waals surface area (Å²) in [5.41, 5.74) is 1.60. The molecule has 0 spiro atoms. The lowest BCUT2D eigenvalue weighted by atomic mass is 9.95. The second-order valence-electron chi connectivity index (χ2n) is 9.49. The van der Waals surface area contributed by atoms with Gasteiger partial charge in [0.2, 0.25) is 21.8 Å². The van der Waals surface area contributed by atoms with Crippen LogP contribution in [-0.4, -0.2) is 50.0 Å². The van der Waals surface area contributed by atoms with Crippen molar-refractivity contribution >= 4 is 62.3 Å². The van der Waals surface area contributed by atoms with Crippen molar-refractivity contribution in [2.24, 2.45) is 0 Å². The predicted octanol–water partition coefficient (Wildman–Crippen LogP) is 5.59. The van der Waals surface area contributed by atoms with Crippen LogP contribution in [0.15, 0.2) is 36.4 Å². The van der Waals surface area contributed by atoms with Crippen molar-refractivity contribution in [2.75, 3.05) is 17.1 Å². The van der Waals surface area contributed by atoms with E-state index in [4.69, 9.17) is 34.8 Å². The number of nitrogens with zero attached hydrogens (tertiary/aromatic N) is 2. The van der Waals surface area contributed by atoms with Crippen LogP contribution in [0, 0.1) is 6.92 Å². The molecule has 3 rings (SSSR count). The van der Waals surface area contributed by atoms with Crippen LogP contribution in [0.3, 0.4) is 0 Å². The number of sulfonamides is 1. The summed E-state index contributed by atoms with van der Waals surface area (Å²) in [7, 11) is -3.83. The van der Waals surface area contributed by atoms with E-state index < -0.39 is 28.5 Å². The van der Waals surface area contributed by atoms with Gasteiger partial charge in [-0.1, -0.05) is 60.1 Å². The highest BCUT2D eigenvalue weighted by Crippen LogP contribution is 2.27. The first-order valence-corrected chi connectivity index (χ1v) is 15.1. The monoisotopic (exact) mass is 587 g/mol. The first-order chi connectivity index (χ1) is 17.4. The third-order valence-corrected chi connectivity index (χ3v) is 8.66. The molecule has 1 unspecified atom stereocenters. The molecule has 0 saturated heterocycles. The number of nitrogens with one attached hydrogen (secondary N) is 1. The highest BCUT2D eigenvalue weighted by Gasteiger charge is 2.31. The van der Waals surface area contributed by atoms with E-state index in [0.717, 1.165) is 42.7 Å². The van der Waals surface area contributed by atoms with Crippen molar-refractivity contribution in [1.82, 2.24) is 10.2 Å². The molecule has 0 bridgehead atoms. The van der Waals surface area contributed by atoms with Gasteiger partial charge in [0, 0.05) is 17.6 Å². The van der Waals surface area contributed by atoms with Crippen LogP contribution >= 0.6 is 34.8 Å². The van der Waals surface area contributed by atoms with Crippen LogP contribution in [0.1, 0.15) is 50.2 Å². The molecule has 2 aromatic carbocycles. The van der Waals surface area contributed by atoms with E-state index in [9.17, 15) is 18.0 Å². The zero-order valence-corrected chi connectivity index (χ0v) is 24.2. The number of halogens is 3. The fourth-order valence-corrected chi connectivity index (χ4v) is 5.93. The van der Waals surface area contributed by atoms with E-state index in [0.29, 0.717) is 31.9 Å². The number of anilines is 1. The summed E-state index contributed by atoms with van der Waals surface area (Å²) in [6.45, 7) is 2.93. The second kappa shape index (κ2) is 12.7. The van der Waals surface area contributed by atoms with Crippen LogP contribution in [0.2, 0.25) is 15.1 Å². The summed E-state index contributed by atoms with van der Waals surface area (Å²) in [5.74, 6) is -0.814. The highest BCUT2D eigenvalue weighted by atomic mass is 35.5. The Morgan fingerprint density at radius 2 is 1.70 bits per heavy atom. The van der Waals surface area contributed by atoms with Gasteiger partial charge in [-0.25, -0.2) is 8.42 Å². The average molecular weight is 589 g/mol. The summed E-state index contributed by atoms with van der Waals surface area (Å²) >= 11 is 18.3. The number of carbonyl (C=O) groups is 2. The number of rotatable bonds is 9. The molecule has 1 saturated carbocycles. The Bertz CT molecular complexity index is 1250. The zero-order chi connectivity index (χ0) is 27.3. The first kappa shape index (κ1) is 29.6. The Morgan fingerprint density at radius 3 is 2.30 bits per heavy atom. The van der Waals surface area contributed by atoms with Gasteiger partial charge in [0.05, 0.1) is 22.0 Å². The van der Waals surface area contributed by atoms with Gasteiger partial charge in [-0.3, -0.25) is 13.9 Å². The van der Waals surface area contributed by atoms with Crippen molar-refractivity contribution in [1.29, 1.82) is 0 Å². The number of aryl methyl sites for hydroxylation is 1. The lowest BCUT2D eigenvalue weighted by Gasteiger charge is -2.33. The summed E-state index contributed by atoms with van der Waals surface area (Å²) < 4.78 is 26.5. The lowest BCUT2D eigenvalue weighted by molar-refractivity contribution is -0.139. The average Bonchev–Trinajstić information content (AvgIpc) is 2.83. The fraction of sp³-hybridized carbons (Fsp3) is 0.462. The van der Waals surface area contributed by atoms with E-state index in [2.05, 4.69) is 5.32 Å². The standard InChI is InChI=1S/C26H32Cl3N3O4S/c1-17-13-20(27)10-12-24(17)32(37(3,35)36)16-25(33)31(15-19-9-11-22(28)23(29)14-19)18(2)26(34)30-21-7-5-4-6-8-21/h9-14,18,21H,4-8,15-16H2,1-3H3,(H,30,34). The van der Waals surface area contributed by atoms with E-state index in [1.165, 1.54) is 4.90 Å². The minimum absolute atomic E-state index is 0.0478. The van der Waals surface area contributed by atoms with Gasteiger partial charge in [0.15, 0.2) is 0 Å². The lowest BCUT2D eigenvalue weighted by Crippen LogP contribution is -2.53. The van der Waals surface area contributed by atoms with Gasteiger partial charge in [-0.15, -0.1) is 0 Å². The largest absolute Gasteiger partial charge is 0.352 e. The molecule has 0 aliphatic heterocycles. The van der Waals surface area contributed by atoms with Crippen LogP contribution in [-0.2, 0) is 26.2 Å². The van der Waals surface area contributed by atoms with Crippen molar-refractivity contribution in [3.8, 4) is 0 Å². The van der Waals surface area contributed by atoms with Crippen molar-refractivity contribution in [3.63, 3.8) is 0 Å². The molecule has 0 aromatic heterocycles. The van der Waals surface area contributed by atoms with Gasteiger partial charge in [0.25, 0.3) is 0 Å². The molecule has 2 amide bonds. The van der Waals surface area contributed by atoms with Crippen molar-refractivity contribution in [2.45, 2.75) is 64.6 Å². The molecular formula is C26H32Cl3N3O4S. The molecule has 1 aliphatic rings. The van der Waals surface area contributed by atoms with Gasteiger partial charge >= 0.3 is 0 Å². The molecular weight excluding hydrogens is 557 g/mol. The molecule has 1 fully saturated rings. The van der Waals surface area contributed by atoms with E-state index >= 15 is 0 Å². The number of hydrogen-bond acceptors (Lipinski definition) is 4. The highest BCUT2D eigenvalue weighted by molar-refractivity contribution is 7.92. The smallest absolute Gasteiger partial charge is 0.244 e. The second-order valence-corrected chi connectivity index (χ2v) is 12.6. The van der Waals surface area contributed by atoms with E-state index in [-0.39, 0.29) is 18.5 Å². The SMILES string of the molecule is Cc1cc(Cl)ccc1N(CC(=O)N(Cc1ccc(Cl)c(Cl)c1)C(C)C(=O)NC1CCCCC1)S(C)(=O)=O. The van der Waals surface area contributed by atoms with Crippen molar-refractivity contribution < 1.29 is 18.0 Å². The Hall–Kier alpha value is -2.00. The van der Waals surface area contributed by atoms with Gasteiger partial charge < -0.3 is 10.2 Å². The summed E-state index contributed by atoms with van der Waals surface area (Å²) in [6.07, 6.45) is 6.09. The van der Waals surface area contributed by atoms with Crippen LogP contribution < -0.4 is 9.62 Å². The van der Waals surface area contributed by atoms with Crippen molar-refractivity contribution in [3.05, 3.63) is 62.6 Å². The number of benzene rings is 2. The van der Waals surface area contributed by atoms with Gasteiger partial charge in [-0.2, -0.15) is 0 Å². The Balaban J connectivity index is 1.91. The molecule has 37 heavy (non-hydrogen) atoms. The van der Waals surface area contributed by atoms with Crippen LogP contribution in [0.4, 0.5) is 5.69 Å². The maximum absolute atomic E-state index is 13.7. The number of hydrogen-bond donors (Lipinski definition) is 1. The summed E-state index contributed by atoms with van der Waals surface area (Å²) in [4.78, 5) is 28.3. The third-order valence-electron chi connectivity index (χ3n) is 6.56. The molecule has 202 valence electrons. The quantitative estimate of drug-likeness (QED) is 0.414. The van der Waals surface area contributed by atoms with Crippen LogP contribution in [0.25, 0.3) is 0 Å². The summed E-state index contributed by atoms with van der Waals surface area (Å²) in [6, 6.07) is 8.95. The fourth-order valence-electron chi connectivity index (χ4n) is 4.48. The molecule has 0 radical (unpaired) electrons.